The number of aromatic nitrogens is 1. The Morgan fingerprint density at radius 2 is 2.00 bits per heavy atom. The maximum atomic E-state index is 12.1. The number of rotatable bonds is 2. The molecule has 0 aliphatic carbocycles. The van der Waals surface area contributed by atoms with Gasteiger partial charge in [-0.2, -0.15) is 0 Å². The average molecular weight is 277 g/mol. The molecule has 19 heavy (non-hydrogen) atoms. The van der Waals surface area contributed by atoms with Gasteiger partial charge in [0.1, 0.15) is 0 Å². The SMILES string of the molecule is CN(C(=O)Nc1ccc(Cl)cc1)c1ccncc1N. The van der Waals surface area contributed by atoms with Gasteiger partial charge < -0.3 is 11.1 Å². The first kappa shape index (κ1) is 13.2. The Labute approximate surface area is 116 Å². The molecule has 0 spiro atoms. The Morgan fingerprint density at radius 3 is 2.63 bits per heavy atom. The molecule has 6 heteroatoms. The molecular weight excluding hydrogens is 264 g/mol. The summed E-state index contributed by atoms with van der Waals surface area (Å²) in [5.41, 5.74) is 7.47. The average Bonchev–Trinajstić information content (AvgIpc) is 2.41. The van der Waals surface area contributed by atoms with Crippen LogP contribution in [0.2, 0.25) is 5.02 Å². The number of nitrogens with zero attached hydrogens (tertiary/aromatic N) is 2. The number of nitrogen functional groups attached to an aromatic ring is 1. The van der Waals surface area contributed by atoms with Crippen molar-refractivity contribution in [1.82, 2.24) is 4.98 Å². The van der Waals surface area contributed by atoms with Crippen LogP contribution >= 0.6 is 11.6 Å². The van der Waals surface area contributed by atoms with Crippen molar-refractivity contribution >= 4 is 34.7 Å². The van der Waals surface area contributed by atoms with Gasteiger partial charge in [0.05, 0.1) is 17.6 Å². The molecule has 1 aromatic heterocycles. The molecule has 0 atom stereocenters. The summed E-state index contributed by atoms with van der Waals surface area (Å²) in [6.07, 6.45) is 3.08. The molecule has 2 aromatic rings. The van der Waals surface area contributed by atoms with E-state index in [0.717, 1.165) is 0 Å². The van der Waals surface area contributed by atoms with Crippen LogP contribution in [0.15, 0.2) is 42.7 Å². The zero-order chi connectivity index (χ0) is 13.8. The molecule has 2 rings (SSSR count). The van der Waals surface area contributed by atoms with E-state index in [1.165, 1.54) is 11.1 Å². The first-order valence-electron chi connectivity index (χ1n) is 5.57. The van der Waals surface area contributed by atoms with E-state index in [4.69, 9.17) is 17.3 Å². The number of carbonyl (C=O) groups excluding carboxylic acids is 1. The normalized spacial score (nSPS) is 10.0. The number of hydrogen-bond donors (Lipinski definition) is 2. The number of halogens is 1. The number of anilines is 3. The van der Waals surface area contributed by atoms with E-state index in [1.54, 1.807) is 43.6 Å². The second-order valence-electron chi connectivity index (χ2n) is 3.93. The van der Waals surface area contributed by atoms with Crippen LogP contribution in [0.5, 0.6) is 0 Å². The molecule has 2 amide bonds. The van der Waals surface area contributed by atoms with Crippen molar-refractivity contribution in [1.29, 1.82) is 0 Å². The van der Waals surface area contributed by atoms with Crippen molar-refractivity contribution in [2.45, 2.75) is 0 Å². The lowest BCUT2D eigenvalue weighted by Crippen LogP contribution is -2.31. The van der Waals surface area contributed by atoms with E-state index in [9.17, 15) is 4.79 Å². The number of hydrogen-bond acceptors (Lipinski definition) is 3. The summed E-state index contributed by atoms with van der Waals surface area (Å²) in [4.78, 5) is 17.4. The van der Waals surface area contributed by atoms with Crippen molar-refractivity contribution in [3.63, 3.8) is 0 Å². The highest BCUT2D eigenvalue weighted by atomic mass is 35.5. The van der Waals surface area contributed by atoms with Crippen molar-refractivity contribution in [3.8, 4) is 0 Å². The zero-order valence-corrected chi connectivity index (χ0v) is 11.1. The van der Waals surface area contributed by atoms with E-state index >= 15 is 0 Å². The molecule has 1 heterocycles. The molecule has 0 unspecified atom stereocenters. The molecule has 0 bridgehead atoms. The minimum Gasteiger partial charge on any atom is -0.396 e. The van der Waals surface area contributed by atoms with Crippen LogP contribution in [0.1, 0.15) is 0 Å². The summed E-state index contributed by atoms with van der Waals surface area (Å²) < 4.78 is 0. The molecule has 3 N–H and O–H groups in total. The summed E-state index contributed by atoms with van der Waals surface area (Å²) in [5.74, 6) is 0. The third-order valence-electron chi connectivity index (χ3n) is 2.59. The molecular formula is C13H13ClN4O. The number of urea groups is 1. The molecule has 0 radical (unpaired) electrons. The Balaban J connectivity index is 2.12. The van der Waals surface area contributed by atoms with Crippen LogP contribution in [0.4, 0.5) is 21.9 Å². The van der Waals surface area contributed by atoms with E-state index < -0.39 is 0 Å². The topological polar surface area (TPSA) is 71.2 Å². The maximum absolute atomic E-state index is 12.1. The number of amides is 2. The standard InChI is InChI=1S/C13H13ClN4O/c1-18(12-6-7-16-8-11(12)15)13(19)17-10-4-2-9(14)3-5-10/h2-8H,15H2,1H3,(H,17,19). The fourth-order valence-corrected chi connectivity index (χ4v) is 1.68. The fraction of sp³-hybridized carbons (Fsp3) is 0.0769. The van der Waals surface area contributed by atoms with Gasteiger partial charge in [0.25, 0.3) is 0 Å². The van der Waals surface area contributed by atoms with Gasteiger partial charge in [0, 0.05) is 24.0 Å². The van der Waals surface area contributed by atoms with Crippen LogP contribution in [-0.2, 0) is 0 Å². The number of benzene rings is 1. The number of nitrogens with one attached hydrogen (secondary N) is 1. The Bertz CT molecular complexity index is 585. The summed E-state index contributed by atoms with van der Waals surface area (Å²) in [6.45, 7) is 0. The van der Waals surface area contributed by atoms with Gasteiger partial charge in [-0.1, -0.05) is 11.6 Å². The van der Waals surface area contributed by atoms with E-state index in [2.05, 4.69) is 10.3 Å². The van der Waals surface area contributed by atoms with Crippen LogP contribution in [0.25, 0.3) is 0 Å². The van der Waals surface area contributed by atoms with Gasteiger partial charge in [-0.15, -0.1) is 0 Å². The zero-order valence-electron chi connectivity index (χ0n) is 10.3. The predicted octanol–water partition coefficient (Wildman–Crippen LogP) is 2.99. The van der Waals surface area contributed by atoms with Crippen LogP contribution < -0.4 is 16.0 Å². The largest absolute Gasteiger partial charge is 0.396 e. The molecule has 0 fully saturated rings. The molecule has 1 aromatic carbocycles. The monoisotopic (exact) mass is 276 g/mol. The second kappa shape index (κ2) is 5.58. The third-order valence-corrected chi connectivity index (χ3v) is 2.84. The number of nitrogens with two attached hydrogens (primary N) is 1. The van der Waals surface area contributed by atoms with Crippen molar-refractivity contribution in [2.75, 3.05) is 23.0 Å². The predicted molar refractivity (Wildman–Crippen MR) is 77.5 cm³/mol. The summed E-state index contributed by atoms with van der Waals surface area (Å²) >= 11 is 5.78. The van der Waals surface area contributed by atoms with Gasteiger partial charge in [-0.05, 0) is 30.3 Å². The lowest BCUT2D eigenvalue weighted by atomic mass is 10.3. The minimum atomic E-state index is -0.291. The first-order chi connectivity index (χ1) is 9.08. The Hall–Kier alpha value is -2.27. The first-order valence-corrected chi connectivity index (χ1v) is 5.95. The maximum Gasteiger partial charge on any atom is 0.326 e. The highest BCUT2D eigenvalue weighted by Gasteiger charge is 2.13. The number of pyridine rings is 1. The smallest absolute Gasteiger partial charge is 0.326 e. The van der Waals surface area contributed by atoms with Crippen LogP contribution in [-0.4, -0.2) is 18.1 Å². The number of carbonyl (C=O) groups is 1. The highest BCUT2D eigenvalue weighted by Crippen LogP contribution is 2.21. The van der Waals surface area contributed by atoms with Gasteiger partial charge >= 0.3 is 6.03 Å². The molecule has 0 saturated heterocycles. The minimum absolute atomic E-state index is 0.291. The van der Waals surface area contributed by atoms with Gasteiger partial charge in [0.15, 0.2) is 0 Å². The van der Waals surface area contributed by atoms with E-state index in [-0.39, 0.29) is 6.03 Å². The quantitative estimate of drug-likeness (QED) is 0.886. The molecule has 0 aliphatic rings. The van der Waals surface area contributed by atoms with Crippen molar-refractivity contribution < 1.29 is 4.79 Å². The van der Waals surface area contributed by atoms with Crippen molar-refractivity contribution in [3.05, 3.63) is 47.7 Å². The third kappa shape index (κ3) is 3.14. The molecule has 5 nitrogen and oxygen atoms in total. The summed E-state index contributed by atoms with van der Waals surface area (Å²) in [7, 11) is 1.64. The fourth-order valence-electron chi connectivity index (χ4n) is 1.55. The molecule has 98 valence electrons. The Morgan fingerprint density at radius 1 is 1.32 bits per heavy atom. The van der Waals surface area contributed by atoms with Crippen LogP contribution in [0, 0.1) is 0 Å². The Kier molecular flexibility index (Phi) is 3.87. The van der Waals surface area contributed by atoms with E-state index in [1.807, 2.05) is 0 Å². The lowest BCUT2D eigenvalue weighted by Gasteiger charge is -2.19. The van der Waals surface area contributed by atoms with Gasteiger partial charge in [-0.3, -0.25) is 9.88 Å². The lowest BCUT2D eigenvalue weighted by molar-refractivity contribution is 0.258. The van der Waals surface area contributed by atoms with Gasteiger partial charge in [0.2, 0.25) is 0 Å². The summed E-state index contributed by atoms with van der Waals surface area (Å²) in [5, 5.41) is 3.36. The van der Waals surface area contributed by atoms with E-state index in [0.29, 0.717) is 22.1 Å². The highest BCUT2D eigenvalue weighted by molar-refractivity contribution is 6.30. The summed E-state index contributed by atoms with van der Waals surface area (Å²) in [6, 6.07) is 8.25. The molecule has 0 saturated carbocycles. The van der Waals surface area contributed by atoms with Crippen molar-refractivity contribution in [2.24, 2.45) is 0 Å². The van der Waals surface area contributed by atoms with Gasteiger partial charge in [-0.25, -0.2) is 4.79 Å². The second-order valence-corrected chi connectivity index (χ2v) is 4.37. The van der Waals surface area contributed by atoms with Crippen LogP contribution in [0.3, 0.4) is 0 Å². The molecule has 0 aliphatic heterocycles.